The summed E-state index contributed by atoms with van der Waals surface area (Å²) >= 11 is 0. The number of nitrogens with one attached hydrogen (secondary N) is 1. The van der Waals surface area contributed by atoms with Crippen LogP contribution in [0.5, 0.6) is 0 Å². The molecule has 2 rings (SSSR count). The Bertz CT molecular complexity index is 399. The van der Waals surface area contributed by atoms with E-state index in [0.29, 0.717) is 12.0 Å². The molecule has 2 N–H and O–H groups in total. The molecular weight excluding hydrogens is 236 g/mol. The van der Waals surface area contributed by atoms with Crippen molar-refractivity contribution >= 4 is 0 Å². The van der Waals surface area contributed by atoms with Crippen molar-refractivity contribution in [1.29, 1.82) is 0 Å². The zero-order valence-electron chi connectivity index (χ0n) is 12.6. The van der Waals surface area contributed by atoms with Crippen LogP contribution in [0.25, 0.3) is 0 Å². The number of hydrogen-bond donors (Lipinski definition) is 2. The highest BCUT2D eigenvalue weighted by Gasteiger charge is 2.36. The van der Waals surface area contributed by atoms with Crippen LogP contribution < -0.4 is 5.32 Å². The molecule has 0 aromatic carbocycles. The zero-order valence-corrected chi connectivity index (χ0v) is 12.6. The van der Waals surface area contributed by atoms with Gasteiger partial charge in [0.15, 0.2) is 0 Å². The quantitative estimate of drug-likeness (QED) is 0.858. The predicted octanol–water partition coefficient (Wildman–Crippen LogP) is 2.93. The first-order chi connectivity index (χ1) is 8.92. The van der Waals surface area contributed by atoms with Crippen molar-refractivity contribution in [1.82, 2.24) is 9.88 Å². The summed E-state index contributed by atoms with van der Waals surface area (Å²) in [4.78, 5) is 0. The second-order valence-electron chi connectivity index (χ2n) is 6.84. The van der Waals surface area contributed by atoms with E-state index in [1.54, 1.807) is 0 Å². The summed E-state index contributed by atoms with van der Waals surface area (Å²) in [7, 11) is 0. The molecule has 1 saturated carbocycles. The molecule has 1 aliphatic rings. The average molecular weight is 264 g/mol. The van der Waals surface area contributed by atoms with Gasteiger partial charge in [-0.05, 0) is 49.7 Å². The fraction of sp³-hybridized carbons (Fsp3) is 0.750. The van der Waals surface area contributed by atoms with Crippen LogP contribution in [0.1, 0.15) is 52.0 Å². The monoisotopic (exact) mass is 264 g/mol. The average Bonchev–Trinajstić information content (AvgIpc) is 2.82. The summed E-state index contributed by atoms with van der Waals surface area (Å²) in [5.74, 6) is 0. The molecule has 108 valence electrons. The number of nitrogens with zero attached hydrogens (tertiary/aromatic N) is 1. The third kappa shape index (κ3) is 4.08. The normalized spacial score (nSPS) is 21.5. The predicted molar refractivity (Wildman–Crippen MR) is 79.0 cm³/mol. The van der Waals surface area contributed by atoms with Crippen LogP contribution in [0.15, 0.2) is 18.5 Å². The first kappa shape index (κ1) is 14.6. The summed E-state index contributed by atoms with van der Waals surface area (Å²) in [5, 5.41) is 14.0. The summed E-state index contributed by atoms with van der Waals surface area (Å²) < 4.78 is 2.18. The highest BCUT2D eigenvalue weighted by Crippen LogP contribution is 2.39. The molecule has 1 heterocycles. The van der Waals surface area contributed by atoms with Gasteiger partial charge in [-0.25, -0.2) is 0 Å². The first-order valence-electron chi connectivity index (χ1n) is 7.50. The molecule has 0 amide bonds. The van der Waals surface area contributed by atoms with Gasteiger partial charge in [-0.15, -0.1) is 0 Å². The van der Waals surface area contributed by atoms with Crippen molar-refractivity contribution in [2.45, 2.75) is 65.1 Å². The van der Waals surface area contributed by atoms with E-state index in [2.05, 4.69) is 49.1 Å². The van der Waals surface area contributed by atoms with Gasteiger partial charge in [0.05, 0.1) is 5.60 Å². The molecule has 1 aromatic heterocycles. The van der Waals surface area contributed by atoms with Crippen LogP contribution in [0.3, 0.4) is 0 Å². The lowest BCUT2D eigenvalue weighted by molar-refractivity contribution is -0.0245. The Balaban J connectivity index is 1.76. The first-order valence-corrected chi connectivity index (χ1v) is 7.50. The lowest BCUT2D eigenvalue weighted by Crippen LogP contribution is -2.44. The van der Waals surface area contributed by atoms with Gasteiger partial charge in [0, 0.05) is 32.0 Å². The number of aryl methyl sites for hydroxylation is 1. The van der Waals surface area contributed by atoms with Crippen LogP contribution >= 0.6 is 0 Å². The Hall–Kier alpha value is -0.800. The number of aliphatic hydroxyl groups is 1. The lowest BCUT2D eigenvalue weighted by atomic mass is 9.71. The van der Waals surface area contributed by atoms with Gasteiger partial charge < -0.3 is 15.0 Å². The Morgan fingerprint density at radius 3 is 2.53 bits per heavy atom. The van der Waals surface area contributed by atoms with Crippen LogP contribution in [-0.2, 0) is 13.1 Å². The molecule has 0 radical (unpaired) electrons. The summed E-state index contributed by atoms with van der Waals surface area (Å²) in [6.07, 6.45) is 8.36. The minimum Gasteiger partial charge on any atom is -0.389 e. The van der Waals surface area contributed by atoms with Crippen molar-refractivity contribution in [3.05, 3.63) is 24.0 Å². The number of aromatic nitrogens is 1. The van der Waals surface area contributed by atoms with Crippen LogP contribution in [0.2, 0.25) is 0 Å². The lowest BCUT2D eigenvalue weighted by Gasteiger charge is -2.40. The second-order valence-corrected chi connectivity index (χ2v) is 6.84. The van der Waals surface area contributed by atoms with E-state index in [1.807, 2.05) is 0 Å². The van der Waals surface area contributed by atoms with Crippen molar-refractivity contribution in [2.24, 2.45) is 5.41 Å². The molecular formula is C16H28N2O. The molecule has 3 nitrogen and oxygen atoms in total. The van der Waals surface area contributed by atoms with E-state index in [9.17, 15) is 5.11 Å². The van der Waals surface area contributed by atoms with Crippen LogP contribution in [0, 0.1) is 5.41 Å². The molecule has 1 aromatic rings. The van der Waals surface area contributed by atoms with E-state index in [4.69, 9.17) is 0 Å². The minimum atomic E-state index is -0.497. The van der Waals surface area contributed by atoms with Gasteiger partial charge in [0.25, 0.3) is 0 Å². The maximum Gasteiger partial charge on any atom is 0.0772 e. The van der Waals surface area contributed by atoms with Crippen molar-refractivity contribution in [3.63, 3.8) is 0 Å². The van der Waals surface area contributed by atoms with Crippen molar-refractivity contribution < 1.29 is 5.11 Å². The summed E-state index contributed by atoms with van der Waals surface area (Å²) in [6, 6.07) is 2.14. The van der Waals surface area contributed by atoms with Crippen LogP contribution in [0.4, 0.5) is 0 Å². The van der Waals surface area contributed by atoms with Gasteiger partial charge in [-0.3, -0.25) is 0 Å². The molecule has 0 atom stereocenters. The van der Waals surface area contributed by atoms with E-state index in [-0.39, 0.29) is 0 Å². The third-order valence-electron chi connectivity index (χ3n) is 4.49. The SMILES string of the molecule is CCn1ccc(CNCC2(O)CCC(C)(C)CC2)c1. The molecule has 0 bridgehead atoms. The number of hydrogen-bond acceptors (Lipinski definition) is 2. The topological polar surface area (TPSA) is 37.2 Å². The smallest absolute Gasteiger partial charge is 0.0772 e. The summed E-state index contributed by atoms with van der Waals surface area (Å²) in [6.45, 7) is 9.31. The maximum absolute atomic E-state index is 10.6. The Morgan fingerprint density at radius 2 is 1.95 bits per heavy atom. The zero-order chi connectivity index (χ0) is 13.9. The van der Waals surface area contributed by atoms with Gasteiger partial charge in [-0.2, -0.15) is 0 Å². The molecule has 1 aliphatic carbocycles. The van der Waals surface area contributed by atoms with Crippen LogP contribution in [-0.4, -0.2) is 21.8 Å². The highest BCUT2D eigenvalue weighted by atomic mass is 16.3. The Morgan fingerprint density at radius 1 is 1.26 bits per heavy atom. The molecule has 0 unspecified atom stereocenters. The highest BCUT2D eigenvalue weighted by molar-refractivity contribution is 5.10. The van der Waals surface area contributed by atoms with Gasteiger partial charge in [0.2, 0.25) is 0 Å². The van der Waals surface area contributed by atoms with E-state index >= 15 is 0 Å². The van der Waals surface area contributed by atoms with E-state index in [0.717, 1.165) is 38.8 Å². The fourth-order valence-corrected chi connectivity index (χ4v) is 2.80. The standard InChI is InChI=1S/C16H28N2O/c1-4-18-10-5-14(12-18)11-17-13-16(19)8-6-15(2,3)7-9-16/h5,10,12,17,19H,4,6-9,11,13H2,1-3H3. The second kappa shape index (κ2) is 5.68. The molecule has 19 heavy (non-hydrogen) atoms. The Labute approximate surface area is 117 Å². The third-order valence-corrected chi connectivity index (χ3v) is 4.49. The van der Waals surface area contributed by atoms with E-state index < -0.39 is 5.60 Å². The van der Waals surface area contributed by atoms with Gasteiger partial charge in [0.1, 0.15) is 0 Å². The van der Waals surface area contributed by atoms with Gasteiger partial charge in [-0.1, -0.05) is 13.8 Å². The minimum absolute atomic E-state index is 0.407. The molecule has 0 aliphatic heterocycles. The summed E-state index contributed by atoms with van der Waals surface area (Å²) in [5.41, 5.74) is 1.20. The molecule has 3 heteroatoms. The van der Waals surface area contributed by atoms with Crippen molar-refractivity contribution in [2.75, 3.05) is 6.54 Å². The Kier molecular flexibility index (Phi) is 4.36. The van der Waals surface area contributed by atoms with E-state index in [1.165, 1.54) is 5.56 Å². The maximum atomic E-state index is 10.6. The molecule has 1 fully saturated rings. The number of rotatable bonds is 5. The molecule has 0 spiro atoms. The van der Waals surface area contributed by atoms with Gasteiger partial charge >= 0.3 is 0 Å². The fourth-order valence-electron chi connectivity index (χ4n) is 2.80. The van der Waals surface area contributed by atoms with Crippen molar-refractivity contribution in [3.8, 4) is 0 Å². The molecule has 0 saturated heterocycles. The largest absolute Gasteiger partial charge is 0.389 e.